The van der Waals surface area contributed by atoms with Crippen molar-refractivity contribution in [2.45, 2.75) is 25.8 Å². The zero-order valence-corrected chi connectivity index (χ0v) is 13.8. The van der Waals surface area contributed by atoms with E-state index < -0.39 is 0 Å². The summed E-state index contributed by atoms with van der Waals surface area (Å²) in [7, 11) is 2.05. The van der Waals surface area contributed by atoms with Crippen molar-refractivity contribution in [3.05, 3.63) is 24.3 Å². The Morgan fingerprint density at radius 3 is 2.33 bits per heavy atom. The quantitative estimate of drug-likeness (QED) is 0.838. The first-order valence-corrected chi connectivity index (χ1v) is 7.57. The van der Waals surface area contributed by atoms with Gasteiger partial charge in [-0.05, 0) is 52.0 Å². The van der Waals surface area contributed by atoms with E-state index >= 15 is 0 Å². The fourth-order valence-electron chi connectivity index (χ4n) is 2.57. The summed E-state index contributed by atoms with van der Waals surface area (Å²) in [4.78, 5) is 2.47. The summed E-state index contributed by atoms with van der Waals surface area (Å²) in [5.74, 6) is 1.68. The molecule has 1 heterocycles. The lowest BCUT2D eigenvalue weighted by Crippen LogP contribution is -2.42. The van der Waals surface area contributed by atoms with Crippen LogP contribution in [0.4, 0.5) is 0 Å². The average Bonchev–Trinajstić information content (AvgIpc) is 2.50. The highest BCUT2D eigenvalue weighted by atomic mass is 35.5. The molecule has 0 unspecified atom stereocenters. The second-order valence-electron chi connectivity index (χ2n) is 5.13. The number of hydrogen-bond donors (Lipinski definition) is 1. The molecule has 0 spiro atoms. The van der Waals surface area contributed by atoms with Crippen LogP contribution in [0.2, 0.25) is 0 Å². The summed E-state index contributed by atoms with van der Waals surface area (Å²) < 4.78 is 11.4. The van der Waals surface area contributed by atoms with Gasteiger partial charge in [-0.25, -0.2) is 0 Å². The highest BCUT2D eigenvalue weighted by Gasteiger charge is 2.17. The first-order chi connectivity index (χ1) is 9.83. The number of halogens is 1. The number of likely N-dealkylation sites (tertiary alicyclic amines) is 1. The van der Waals surface area contributed by atoms with Crippen molar-refractivity contribution in [2.24, 2.45) is 0 Å². The second-order valence-corrected chi connectivity index (χ2v) is 5.13. The Kier molecular flexibility index (Phi) is 8.50. The second kappa shape index (κ2) is 9.87. The predicted molar refractivity (Wildman–Crippen MR) is 88.9 cm³/mol. The van der Waals surface area contributed by atoms with Gasteiger partial charge >= 0.3 is 0 Å². The van der Waals surface area contributed by atoms with Crippen molar-refractivity contribution in [1.29, 1.82) is 0 Å². The highest BCUT2D eigenvalue weighted by Crippen LogP contribution is 2.26. The maximum Gasteiger partial charge on any atom is 0.161 e. The first-order valence-electron chi connectivity index (χ1n) is 7.57. The molecule has 5 heteroatoms. The monoisotopic (exact) mass is 314 g/mol. The lowest BCUT2D eigenvalue weighted by atomic mass is 10.1. The van der Waals surface area contributed by atoms with E-state index in [1.165, 1.54) is 12.8 Å². The van der Waals surface area contributed by atoms with Crippen LogP contribution in [0.5, 0.6) is 11.5 Å². The minimum atomic E-state index is 0. The van der Waals surface area contributed by atoms with Gasteiger partial charge in [0.15, 0.2) is 11.5 Å². The molecule has 0 saturated carbocycles. The van der Waals surface area contributed by atoms with Crippen LogP contribution >= 0.6 is 12.4 Å². The molecule has 120 valence electrons. The molecule has 0 amide bonds. The van der Waals surface area contributed by atoms with Gasteiger partial charge in [0.2, 0.25) is 0 Å². The molecular weight excluding hydrogens is 288 g/mol. The van der Waals surface area contributed by atoms with Gasteiger partial charge in [-0.15, -0.1) is 12.4 Å². The highest BCUT2D eigenvalue weighted by molar-refractivity contribution is 5.85. The molecule has 1 aromatic carbocycles. The number of benzene rings is 1. The van der Waals surface area contributed by atoms with Crippen molar-refractivity contribution in [1.82, 2.24) is 10.2 Å². The Morgan fingerprint density at radius 1 is 1.14 bits per heavy atom. The first kappa shape index (κ1) is 18.1. The maximum absolute atomic E-state index is 5.86. The largest absolute Gasteiger partial charge is 0.490 e. The molecular formula is C16H27ClN2O2. The molecule has 21 heavy (non-hydrogen) atoms. The maximum atomic E-state index is 5.86. The van der Waals surface area contributed by atoms with E-state index in [2.05, 4.69) is 10.2 Å². The Labute approximate surface area is 134 Å². The molecule has 0 radical (unpaired) electrons. The number of ether oxygens (including phenoxy) is 2. The van der Waals surface area contributed by atoms with Crippen LogP contribution in [0, 0.1) is 0 Å². The summed E-state index contributed by atoms with van der Waals surface area (Å²) in [5.41, 5.74) is 0. The van der Waals surface area contributed by atoms with Crippen LogP contribution in [-0.2, 0) is 0 Å². The molecule has 1 saturated heterocycles. The van der Waals surface area contributed by atoms with Gasteiger partial charge in [-0.3, -0.25) is 4.90 Å². The van der Waals surface area contributed by atoms with Gasteiger partial charge in [-0.2, -0.15) is 0 Å². The third kappa shape index (κ3) is 5.73. The van der Waals surface area contributed by atoms with E-state index in [1.807, 2.05) is 38.2 Å². The number of hydrogen-bond acceptors (Lipinski definition) is 4. The zero-order chi connectivity index (χ0) is 14.2. The summed E-state index contributed by atoms with van der Waals surface area (Å²) in [6, 6.07) is 8.57. The van der Waals surface area contributed by atoms with Crippen LogP contribution in [0.3, 0.4) is 0 Å². The SMILES string of the molecule is CCOc1ccccc1OCCN1CCC(NC)CC1.Cl. The van der Waals surface area contributed by atoms with Crippen molar-refractivity contribution in [2.75, 3.05) is 39.9 Å². The minimum Gasteiger partial charge on any atom is -0.490 e. The number of para-hydroxylation sites is 2. The molecule has 0 aromatic heterocycles. The summed E-state index contributed by atoms with van der Waals surface area (Å²) in [6.45, 7) is 6.66. The van der Waals surface area contributed by atoms with Gasteiger partial charge in [0, 0.05) is 12.6 Å². The molecule has 1 fully saturated rings. The van der Waals surface area contributed by atoms with Gasteiger partial charge in [-0.1, -0.05) is 12.1 Å². The molecule has 4 nitrogen and oxygen atoms in total. The van der Waals surface area contributed by atoms with Crippen LogP contribution in [-0.4, -0.2) is 50.8 Å². The van der Waals surface area contributed by atoms with E-state index in [-0.39, 0.29) is 12.4 Å². The van der Waals surface area contributed by atoms with Crippen molar-refractivity contribution in [3.63, 3.8) is 0 Å². The van der Waals surface area contributed by atoms with Gasteiger partial charge in [0.25, 0.3) is 0 Å². The van der Waals surface area contributed by atoms with Gasteiger partial charge in [0.05, 0.1) is 6.61 Å². The van der Waals surface area contributed by atoms with Crippen molar-refractivity contribution >= 4 is 12.4 Å². The average molecular weight is 315 g/mol. The fourth-order valence-corrected chi connectivity index (χ4v) is 2.57. The summed E-state index contributed by atoms with van der Waals surface area (Å²) in [5, 5.41) is 3.35. The smallest absolute Gasteiger partial charge is 0.161 e. The van der Waals surface area contributed by atoms with Crippen LogP contribution in [0.1, 0.15) is 19.8 Å². The number of nitrogens with one attached hydrogen (secondary N) is 1. The normalized spacial score (nSPS) is 16.3. The predicted octanol–water partition coefficient (Wildman–Crippen LogP) is 2.57. The van der Waals surface area contributed by atoms with E-state index in [9.17, 15) is 0 Å². The van der Waals surface area contributed by atoms with Crippen LogP contribution < -0.4 is 14.8 Å². The van der Waals surface area contributed by atoms with E-state index in [0.717, 1.165) is 31.1 Å². The van der Waals surface area contributed by atoms with E-state index in [1.54, 1.807) is 0 Å². The molecule has 1 aliphatic rings. The zero-order valence-electron chi connectivity index (χ0n) is 13.0. The lowest BCUT2D eigenvalue weighted by molar-refractivity contribution is 0.164. The molecule has 2 rings (SSSR count). The number of rotatable bonds is 7. The third-order valence-corrected chi connectivity index (χ3v) is 3.81. The molecule has 0 atom stereocenters. The topological polar surface area (TPSA) is 33.7 Å². The standard InChI is InChI=1S/C16H26N2O2.ClH/c1-3-19-15-6-4-5-7-16(15)20-13-12-18-10-8-14(17-2)9-11-18;/h4-7,14,17H,3,8-13H2,1-2H3;1H. The Bertz CT molecular complexity index is 396. The fraction of sp³-hybridized carbons (Fsp3) is 0.625. The Hall–Kier alpha value is -0.970. The molecule has 1 aromatic rings. The third-order valence-electron chi connectivity index (χ3n) is 3.81. The lowest BCUT2D eigenvalue weighted by Gasteiger charge is -2.31. The van der Waals surface area contributed by atoms with Crippen LogP contribution in [0.15, 0.2) is 24.3 Å². The van der Waals surface area contributed by atoms with Gasteiger partial charge in [0.1, 0.15) is 6.61 Å². The van der Waals surface area contributed by atoms with E-state index in [0.29, 0.717) is 19.3 Å². The minimum absolute atomic E-state index is 0. The summed E-state index contributed by atoms with van der Waals surface area (Å²) in [6.07, 6.45) is 2.46. The molecule has 1 N–H and O–H groups in total. The summed E-state index contributed by atoms with van der Waals surface area (Å²) >= 11 is 0. The number of piperidine rings is 1. The number of nitrogens with zero attached hydrogens (tertiary/aromatic N) is 1. The molecule has 1 aliphatic heterocycles. The van der Waals surface area contributed by atoms with Crippen molar-refractivity contribution < 1.29 is 9.47 Å². The van der Waals surface area contributed by atoms with E-state index in [4.69, 9.17) is 9.47 Å². The Morgan fingerprint density at radius 2 is 1.76 bits per heavy atom. The molecule has 0 aliphatic carbocycles. The van der Waals surface area contributed by atoms with Crippen molar-refractivity contribution in [3.8, 4) is 11.5 Å². The van der Waals surface area contributed by atoms with Crippen LogP contribution in [0.25, 0.3) is 0 Å². The molecule has 0 bridgehead atoms. The Balaban J connectivity index is 0.00000220. The van der Waals surface area contributed by atoms with Gasteiger partial charge < -0.3 is 14.8 Å².